The minimum atomic E-state index is -0.627. The fourth-order valence-corrected chi connectivity index (χ4v) is 4.64. The summed E-state index contributed by atoms with van der Waals surface area (Å²) in [5, 5.41) is 12.2. The van der Waals surface area contributed by atoms with E-state index in [1.807, 2.05) is 41.8 Å². The number of fused-ring (bicyclic) bond motifs is 1. The molecule has 32 heavy (non-hydrogen) atoms. The molecule has 1 aliphatic heterocycles. The largest absolute Gasteiger partial charge is 0.437 e. The summed E-state index contributed by atoms with van der Waals surface area (Å²) in [4.78, 5) is 12.5. The van der Waals surface area contributed by atoms with Gasteiger partial charge in [-0.25, -0.2) is 9.37 Å². The molecule has 0 bridgehead atoms. The summed E-state index contributed by atoms with van der Waals surface area (Å²) in [7, 11) is 0. The van der Waals surface area contributed by atoms with Crippen molar-refractivity contribution in [2.75, 3.05) is 26.3 Å². The van der Waals surface area contributed by atoms with E-state index in [1.165, 1.54) is 23.5 Å². The Labute approximate surface area is 188 Å². The van der Waals surface area contributed by atoms with Gasteiger partial charge in [0.1, 0.15) is 33.9 Å². The Morgan fingerprint density at radius 2 is 1.91 bits per heavy atom. The fourth-order valence-electron chi connectivity index (χ4n) is 3.69. The highest BCUT2D eigenvalue weighted by Gasteiger charge is 2.21. The number of nitrogens with zero attached hydrogens (tertiary/aromatic N) is 4. The molecule has 160 valence electrons. The number of hydrogen-bond acceptors (Lipinski definition) is 7. The van der Waals surface area contributed by atoms with Crippen LogP contribution < -0.4 is 4.74 Å². The van der Waals surface area contributed by atoms with Gasteiger partial charge in [-0.3, -0.25) is 4.90 Å². The highest BCUT2D eigenvalue weighted by atomic mass is 32.1. The van der Waals surface area contributed by atoms with Crippen LogP contribution in [0.5, 0.6) is 11.6 Å². The number of rotatable bonds is 5. The number of hydrogen-bond donors (Lipinski definition) is 0. The topological polar surface area (TPSA) is 71.3 Å². The molecule has 0 aliphatic carbocycles. The third-order valence-corrected chi connectivity index (χ3v) is 6.17. The van der Waals surface area contributed by atoms with E-state index in [2.05, 4.69) is 4.90 Å². The first-order valence-corrected chi connectivity index (χ1v) is 11.1. The first-order valence-electron chi connectivity index (χ1n) is 10.2. The lowest BCUT2D eigenvalue weighted by atomic mass is 10.1. The normalized spacial score (nSPS) is 14.4. The van der Waals surface area contributed by atoms with Crippen LogP contribution in [0.2, 0.25) is 0 Å². The Morgan fingerprint density at radius 3 is 2.69 bits per heavy atom. The predicted molar refractivity (Wildman–Crippen MR) is 120 cm³/mol. The summed E-state index contributed by atoms with van der Waals surface area (Å²) < 4.78 is 25.7. The summed E-state index contributed by atoms with van der Waals surface area (Å²) >= 11 is 1.51. The molecule has 0 atom stereocenters. The summed E-state index contributed by atoms with van der Waals surface area (Å²) in [5.74, 6) is 0.443. The van der Waals surface area contributed by atoms with Gasteiger partial charge >= 0.3 is 0 Å². The van der Waals surface area contributed by atoms with E-state index < -0.39 is 5.82 Å². The van der Waals surface area contributed by atoms with Crippen molar-refractivity contribution in [1.29, 1.82) is 5.26 Å². The molecule has 1 fully saturated rings. The fraction of sp³-hybridized carbons (Fsp3) is 0.208. The van der Waals surface area contributed by atoms with E-state index in [1.54, 1.807) is 6.07 Å². The van der Waals surface area contributed by atoms with Gasteiger partial charge in [-0.2, -0.15) is 10.2 Å². The average molecular weight is 447 g/mol. The smallest absolute Gasteiger partial charge is 0.232 e. The molecule has 0 saturated carbocycles. The van der Waals surface area contributed by atoms with Crippen LogP contribution in [0.25, 0.3) is 21.3 Å². The van der Waals surface area contributed by atoms with Crippen LogP contribution in [0, 0.1) is 17.1 Å². The van der Waals surface area contributed by atoms with Crippen LogP contribution in [0.15, 0.2) is 53.9 Å². The monoisotopic (exact) mass is 446 g/mol. The van der Waals surface area contributed by atoms with Gasteiger partial charge in [-0.1, -0.05) is 36.4 Å². The van der Waals surface area contributed by atoms with E-state index in [4.69, 9.17) is 19.4 Å². The van der Waals surface area contributed by atoms with E-state index in [0.29, 0.717) is 31.5 Å². The first kappa shape index (κ1) is 20.5. The SMILES string of the molecule is N#Cc1c(F)cccc1Oc1nc(CN2CCOCC2)nc2scc(-c3ccccc3)c12. The van der Waals surface area contributed by atoms with Gasteiger partial charge in [-0.05, 0) is 17.7 Å². The van der Waals surface area contributed by atoms with Crippen LogP contribution in [-0.4, -0.2) is 41.2 Å². The Hall–Kier alpha value is -3.38. The first-order chi connectivity index (χ1) is 15.7. The van der Waals surface area contributed by atoms with E-state index in [0.717, 1.165) is 34.4 Å². The van der Waals surface area contributed by atoms with Crippen molar-refractivity contribution in [2.24, 2.45) is 0 Å². The minimum absolute atomic E-state index is 0.134. The molecule has 6 nitrogen and oxygen atoms in total. The third kappa shape index (κ3) is 4.06. The van der Waals surface area contributed by atoms with Crippen molar-refractivity contribution in [3.63, 3.8) is 0 Å². The van der Waals surface area contributed by atoms with Crippen LogP contribution in [-0.2, 0) is 11.3 Å². The molecule has 1 saturated heterocycles. The molecule has 1 aliphatic rings. The molecular weight excluding hydrogens is 427 g/mol. The lowest BCUT2D eigenvalue weighted by molar-refractivity contribution is 0.0330. The van der Waals surface area contributed by atoms with Gasteiger partial charge in [0, 0.05) is 24.0 Å². The third-order valence-electron chi connectivity index (χ3n) is 5.29. The highest BCUT2D eigenvalue weighted by molar-refractivity contribution is 7.17. The predicted octanol–water partition coefficient (Wildman–Crippen LogP) is 4.99. The molecule has 8 heteroatoms. The van der Waals surface area contributed by atoms with Crippen molar-refractivity contribution >= 4 is 21.6 Å². The molecule has 2 aromatic carbocycles. The maximum atomic E-state index is 14.2. The van der Waals surface area contributed by atoms with Crippen molar-refractivity contribution in [3.8, 4) is 28.8 Å². The zero-order valence-corrected chi connectivity index (χ0v) is 17.9. The van der Waals surface area contributed by atoms with Gasteiger partial charge in [0.15, 0.2) is 0 Å². The van der Waals surface area contributed by atoms with Crippen LogP contribution in [0.1, 0.15) is 11.4 Å². The van der Waals surface area contributed by atoms with Gasteiger partial charge in [0.05, 0.1) is 25.1 Å². The molecule has 0 N–H and O–H groups in total. The molecule has 4 aromatic rings. The Morgan fingerprint density at radius 1 is 1.09 bits per heavy atom. The van der Waals surface area contributed by atoms with Crippen LogP contribution in [0.3, 0.4) is 0 Å². The van der Waals surface area contributed by atoms with Crippen molar-refractivity contribution in [1.82, 2.24) is 14.9 Å². The second-order valence-electron chi connectivity index (χ2n) is 7.36. The average Bonchev–Trinajstić information content (AvgIpc) is 3.25. The summed E-state index contributed by atoms with van der Waals surface area (Å²) in [6.07, 6.45) is 0. The Kier molecular flexibility index (Phi) is 5.77. The summed E-state index contributed by atoms with van der Waals surface area (Å²) in [6.45, 7) is 3.52. The van der Waals surface area contributed by atoms with Gasteiger partial charge in [0.25, 0.3) is 0 Å². The number of thiophene rings is 1. The quantitative estimate of drug-likeness (QED) is 0.430. The number of morpholine rings is 1. The van der Waals surface area contributed by atoms with Crippen LogP contribution in [0.4, 0.5) is 4.39 Å². The molecule has 0 spiro atoms. The number of aromatic nitrogens is 2. The highest BCUT2D eigenvalue weighted by Crippen LogP contribution is 2.40. The van der Waals surface area contributed by atoms with Crippen molar-refractivity contribution in [3.05, 3.63) is 71.1 Å². The molecule has 0 unspecified atom stereocenters. The summed E-state index contributed by atoms with van der Waals surface area (Å²) in [6, 6.07) is 16.1. The zero-order chi connectivity index (χ0) is 21.9. The van der Waals surface area contributed by atoms with E-state index >= 15 is 0 Å². The zero-order valence-electron chi connectivity index (χ0n) is 17.1. The second-order valence-corrected chi connectivity index (χ2v) is 8.21. The molecule has 3 heterocycles. The number of halogens is 1. The molecule has 0 amide bonds. The van der Waals surface area contributed by atoms with E-state index in [9.17, 15) is 9.65 Å². The van der Waals surface area contributed by atoms with Crippen LogP contribution >= 0.6 is 11.3 Å². The molecule has 0 radical (unpaired) electrons. The minimum Gasteiger partial charge on any atom is -0.437 e. The van der Waals surface area contributed by atoms with Gasteiger partial charge in [-0.15, -0.1) is 11.3 Å². The lowest BCUT2D eigenvalue weighted by Gasteiger charge is -2.25. The molecule has 2 aromatic heterocycles. The maximum Gasteiger partial charge on any atom is 0.232 e. The number of nitriles is 1. The lowest BCUT2D eigenvalue weighted by Crippen LogP contribution is -2.36. The van der Waals surface area contributed by atoms with Gasteiger partial charge in [0.2, 0.25) is 5.88 Å². The van der Waals surface area contributed by atoms with Crippen molar-refractivity contribution < 1.29 is 13.9 Å². The van der Waals surface area contributed by atoms with E-state index in [-0.39, 0.29) is 11.3 Å². The molecule has 5 rings (SSSR count). The standard InChI is InChI=1S/C24H19FN4O2S/c25-19-7-4-8-20(17(19)13-26)31-23-22-18(16-5-2-1-3-6-16)15-32-24(22)28-21(27-23)14-29-9-11-30-12-10-29/h1-8,15H,9-12,14H2. The van der Waals surface area contributed by atoms with Gasteiger partial charge < -0.3 is 9.47 Å². The summed E-state index contributed by atoms with van der Waals surface area (Å²) in [5.41, 5.74) is 1.80. The Balaban J connectivity index is 1.62. The maximum absolute atomic E-state index is 14.2. The number of ether oxygens (including phenoxy) is 2. The Bertz CT molecular complexity index is 1300. The number of benzene rings is 2. The molecular formula is C24H19FN4O2S. The van der Waals surface area contributed by atoms with Crippen molar-refractivity contribution in [2.45, 2.75) is 6.54 Å². The second kappa shape index (κ2) is 9.01.